The minimum atomic E-state index is -4.36. The number of alkyl halides is 3. The summed E-state index contributed by atoms with van der Waals surface area (Å²) in [7, 11) is 0. The highest BCUT2D eigenvalue weighted by Crippen LogP contribution is 2.31. The van der Waals surface area contributed by atoms with Crippen molar-refractivity contribution < 1.29 is 17.7 Å². The van der Waals surface area contributed by atoms with E-state index in [1.807, 2.05) is 31.2 Å². The van der Waals surface area contributed by atoms with E-state index in [1.165, 1.54) is 12.1 Å². The van der Waals surface area contributed by atoms with Crippen LogP contribution in [0.1, 0.15) is 11.1 Å². The molecule has 0 saturated heterocycles. The minimum Gasteiger partial charge on any atom is -0.334 e. The van der Waals surface area contributed by atoms with Gasteiger partial charge in [0.2, 0.25) is 5.82 Å². The summed E-state index contributed by atoms with van der Waals surface area (Å²) < 4.78 is 42.8. The van der Waals surface area contributed by atoms with Crippen molar-refractivity contribution in [3.63, 3.8) is 0 Å². The molecule has 6 heteroatoms. The zero-order valence-electron chi connectivity index (χ0n) is 11.6. The van der Waals surface area contributed by atoms with Gasteiger partial charge in [0, 0.05) is 11.1 Å². The number of hydrogen-bond acceptors (Lipinski definition) is 3. The Morgan fingerprint density at radius 2 is 1.64 bits per heavy atom. The van der Waals surface area contributed by atoms with E-state index in [2.05, 4.69) is 10.1 Å². The molecule has 0 spiro atoms. The molecule has 0 amide bonds. The lowest BCUT2D eigenvalue weighted by Gasteiger charge is -2.05. The van der Waals surface area contributed by atoms with Crippen LogP contribution in [0.5, 0.6) is 0 Å². The molecular formula is C16H11F3N2O. The van der Waals surface area contributed by atoms with Gasteiger partial charge in [-0.25, -0.2) is 0 Å². The molecule has 0 N–H and O–H groups in total. The number of halogens is 3. The van der Waals surface area contributed by atoms with Crippen LogP contribution in [0.3, 0.4) is 0 Å². The van der Waals surface area contributed by atoms with Crippen LogP contribution in [0.2, 0.25) is 0 Å². The third-order valence-electron chi connectivity index (χ3n) is 3.27. The predicted molar refractivity (Wildman–Crippen MR) is 74.9 cm³/mol. The Labute approximate surface area is 124 Å². The fourth-order valence-corrected chi connectivity index (χ4v) is 2.07. The summed E-state index contributed by atoms with van der Waals surface area (Å²) in [6.45, 7) is 1.91. The molecule has 0 saturated carbocycles. The van der Waals surface area contributed by atoms with Crippen molar-refractivity contribution in [1.82, 2.24) is 10.1 Å². The highest BCUT2D eigenvalue weighted by atomic mass is 19.4. The number of hydrogen-bond donors (Lipinski definition) is 0. The van der Waals surface area contributed by atoms with Gasteiger partial charge in [-0.2, -0.15) is 18.2 Å². The van der Waals surface area contributed by atoms with Gasteiger partial charge in [-0.05, 0) is 30.7 Å². The smallest absolute Gasteiger partial charge is 0.334 e. The predicted octanol–water partition coefficient (Wildman–Crippen LogP) is 4.73. The van der Waals surface area contributed by atoms with E-state index in [1.54, 1.807) is 0 Å². The van der Waals surface area contributed by atoms with Crippen molar-refractivity contribution in [2.75, 3.05) is 0 Å². The molecule has 0 fully saturated rings. The molecule has 0 bridgehead atoms. The number of rotatable bonds is 2. The average Bonchev–Trinajstić information content (AvgIpc) is 2.96. The van der Waals surface area contributed by atoms with Crippen LogP contribution >= 0.6 is 0 Å². The lowest BCUT2D eigenvalue weighted by molar-refractivity contribution is -0.137. The standard InChI is InChI=1S/C16H11F3N2O/c1-10-4-2-3-5-13(10)15-20-14(21-22-15)11-6-8-12(9-7-11)16(17,18)19/h2-9H,1H3. The van der Waals surface area contributed by atoms with E-state index in [9.17, 15) is 13.2 Å². The Kier molecular flexibility index (Phi) is 3.44. The van der Waals surface area contributed by atoms with Gasteiger partial charge in [0.05, 0.1) is 5.56 Å². The summed E-state index contributed by atoms with van der Waals surface area (Å²) in [5.74, 6) is 0.597. The van der Waals surface area contributed by atoms with Crippen LogP contribution in [0.4, 0.5) is 13.2 Å². The molecule has 3 nitrogen and oxygen atoms in total. The summed E-state index contributed by atoms with van der Waals surface area (Å²) >= 11 is 0. The molecule has 3 aromatic rings. The molecule has 1 heterocycles. The van der Waals surface area contributed by atoms with Gasteiger partial charge in [-0.3, -0.25) is 0 Å². The highest BCUT2D eigenvalue weighted by molar-refractivity contribution is 5.62. The van der Waals surface area contributed by atoms with Crippen molar-refractivity contribution in [2.45, 2.75) is 13.1 Å². The topological polar surface area (TPSA) is 38.9 Å². The van der Waals surface area contributed by atoms with Crippen LogP contribution in [0.25, 0.3) is 22.8 Å². The monoisotopic (exact) mass is 304 g/mol. The zero-order chi connectivity index (χ0) is 15.7. The second-order valence-corrected chi connectivity index (χ2v) is 4.81. The van der Waals surface area contributed by atoms with E-state index < -0.39 is 11.7 Å². The summed E-state index contributed by atoms with van der Waals surface area (Å²) in [6, 6.07) is 12.2. The first-order chi connectivity index (χ1) is 10.4. The van der Waals surface area contributed by atoms with Gasteiger partial charge in [-0.15, -0.1) is 0 Å². The summed E-state index contributed by atoms with van der Waals surface area (Å²) in [5, 5.41) is 3.83. The fourth-order valence-electron chi connectivity index (χ4n) is 2.07. The summed E-state index contributed by atoms with van der Waals surface area (Å²) in [5.41, 5.74) is 1.54. The Hall–Kier alpha value is -2.63. The van der Waals surface area contributed by atoms with Crippen LogP contribution < -0.4 is 0 Å². The quantitative estimate of drug-likeness (QED) is 0.687. The van der Waals surface area contributed by atoms with Gasteiger partial charge in [0.15, 0.2) is 0 Å². The number of nitrogens with zero attached hydrogens (tertiary/aromatic N) is 2. The third kappa shape index (κ3) is 2.72. The Morgan fingerprint density at radius 3 is 2.27 bits per heavy atom. The third-order valence-corrected chi connectivity index (χ3v) is 3.27. The Morgan fingerprint density at radius 1 is 0.955 bits per heavy atom. The van der Waals surface area contributed by atoms with E-state index in [0.717, 1.165) is 23.3 Å². The first-order valence-electron chi connectivity index (χ1n) is 6.52. The molecule has 0 aliphatic carbocycles. The first-order valence-corrected chi connectivity index (χ1v) is 6.52. The van der Waals surface area contributed by atoms with E-state index in [-0.39, 0.29) is 5.82 Å². The Balaban J connectivity index is 1.93. The Bertz CT molecular complexity index is 792. The molecule has 0 aliphatic heterocycles. The minimum absolute atomic E-state index is 0.256. The lowest BCUT2D eigenvalue weighted by Crippen LogP contribution is -2.04. The summed E-state index contributed by atoms with van der Waals surface area (Å²) in [4.78, 5) is 4.24. The molecule has 1 aromatic heterocycles. The van der Waals surface area contributed by atoms with Crippen LogP contribution in [0.15, 0.2) is 53.1 Å². The van der Waals surface area contributed by atoms with Crippen LogP contribution in [-0.2, 0) is 6.18 Å². The largest absolute Gasteiger partial charge is 0.416 e. The van der Waals surface area contributed by atoms with Crippen LogP contribution in [0, 0.1) is 6.92 Å². The van der Waals surface area contributed by atoms with Crippen molar-refractivity contribution in [3.05, 3.63) is 59.7 Å². The summed E-state index contributed by atoms with van der Waals surface area (Å²) in [6.07, 6.45) is -4.36. The lowest BCUT2D eigenvalue weighted by atomic mass is 10.1. The molecule has 0 aliphatic rings. The van der Waals surface area contributed by atoms with Crippen molar-refractivity contribution >= 4 is 0 Å². The van der Waals surface area contributed by atoms with Gasteiger partial charge < -0.3 is 4.52 Å². The number of benzene rings is 2. The van der Waals surface area contributed by atoms with Crippen molar-refractivity contribution in [1.29, 1.82) is 0 Å². The molecule has 0 radical (unpaired) electrons. The molecule has 112 valence electrons. The van der Waals surface area contributed by atoms with Crippen LogP contribution in [-0.4, -0.2) is 10.1 Å². The molecule has 3 rings (SSSR count). The SMILES string of the molecule is Cc1ccccc1-c1nc(-c2ccc(C(F)(F)F)cc2)no1. The van der Waals surface area contributed by atoms with E-state index >= 15 is 0 Å². The second-order valence-electron chi connectivity index (χ2n) is 4.81. The number of aryl methyl sites for hydroxylation is 1. The maximum Gasteiger partial charge on any atom is 0.416 e. The second kappa shape index (κ2) is 5.29. The molecule has 2 aromatic carbocycles. The zero-order valence-corrected chi connectivity index (χ0v) is 11.6. The maximum absolute atomic E-state index is 12.5. The molecule has 0 atom stereocenters. The fraction of sp³-hybridized carbons (Fsp3) is 0.125. The first kappa shape index (κ1) is 14.3. The normalized spacial score (nSPS) is 11.6. The van der Waals surface area contributed by atoms with E-state index in [0.29, 0.717) is 11.5 Å². The average molecular weight is 304 g/mol. The van der Waals surface area contributed by atoms with Gasteiger partial charge in [0.1, 0.15) is 0 Å². The van der Waals surface area contributed by atoms with E-state index in [4.69, 9.17) is 4.52 Å². The molecule has 22 heavy (non-hydrogen) atoms. The van der Waals surface area contributed by atoms with Crippen molar-refractivity contribution in [2.24, 2.45) is 0 Å². The maximum atomic E-state index is 12.5. The molecule has 0 unspecified atom stereocenters. The number of aromatic nitrogens is 2. The van der Waals surface area contributed by atoms with Gasteiger partial charge in [-0.1, -0.05) is 35.5 Å². The molecular weight excluding hydrogens is 293 g/mol. The van der Waals surface area contributed by atoms with Crippen molar-refractivity contribution in [3.8, 4) is 22.8 Å². The highest BCUT2D eigenvalue weighted by Gasteiger charge is 2.30. The van der Waals surface area contributed by atoms with Gasteiger partial charge >= 0.3 is 6.18 Å². The van der Waals surface area contributed by atoms with Gasteiger partial charge in [0.25, 0.3) is 5.89 Å².